The number of hydrogen-bond acceptors (Lipinski definition) is 7. The van der Waals surface area contributed by atoms with E-state index in [1.807, 2.05) is 43.0 Å². The number of carbonyl (C=O) groups excluding carboxylic acids is 1. The van der Waals surface area contributed by atoms with E-state index in [0.29, 0.717) is 44.0 Å². The third-order valence-corrected chi connectivity index (χ3v) is 6.08. The molecule has 4 rings (SSSR count). The van der Waals surface area contributed by atoms with Gasteiger partial charge in [-0.2, -0.15) is 0 Å². The van der Waals surface area contributed by atoms with Gasteiger partial charge in [0.15, 0.2) is 5.82 Å². The van der Waals surface area contributed by atoms with Crippen LogP contribution in [0.5, 0.6) is 5.75 Å². The number of fused-ring (bicyclic) bond motifs is 1. The van der Waals surface area contributed by atoms with Crippen LogP contribution in [-0.4, -0.2) is 63.3 Å². The Morgan fingerprint density at radius 3 is 2.50 bits per heavy atom. The number of aryl methyl sites for hydroxylation is 1. The van der Waals surface area contributed by atoms with Crippen molar-refractivity contribution < 1.29 is 15.0 Å². The van der Waals surface area contributed by atoms with Gasteiger partial charge in [0.2, 0.25) is 0 Å². The molecule has 3 aromatic rings. The van der Waals surface area contributed by atoms with Crippen molar-refractivity contribution in [2.45, 2.75) is 33.4 Å². The van der Waals surface area contributed by atoms with Gasteiger partial charge in [0, 0.05) is 43.9 Å². The molecule has 0 radical (unpaired) electrons. The summed E-state index contributed by atoms with van der Waals surface area (Å²) in [4.78, 5) is 25.3. The number of phenolic OH excluding ortho intramolecular Hbond substituents is 1. The Morgan fingerprint density at radius 1 is 1.09 bits per heavy atom. The first kappa shape index (κ1) is 22.2. The fraction of sp³-hybridized carbons (Fsp3) is 0.400. The van der Waals surface area contributed by atoms with E-state index in [1.165, 1.54) is 0 Å². The minimum absolute atomic E-state index is 0.0922. The van der Waals surface area contributed by atoms with Crippen LogP contribution in [0.1, 0.15) is 25.8 Å². The fourth-order valence-electron chi connectivity index (χ4n) is 4.36. The number of phenols is 1. The number of aliphatic hydroxyl groups excluding tert-OH is 1. The summed E-state index contributed by atoms with van der Waals surface area (Å²) in [5.41, 5.74) is 2.55. The number of nitrogens with zero attached hydrogens (tertiary/aromatic N) is 4. The topological polar surface area (TPSA) is 89.8 Å². The number of Topliss-reactive ketones (excluding diaryl/α,β-unsaturated/α-hetero) is 1. The van der Waals surface area contributed by atoms with E-state index in [9.17, 15) is 15.0 Å². The van der Waals surface area contributed by atoms with Crippen LogP contribution in [0.3, 0.4) is 0 Å². The molecule has 1 aliphatic rings. The molecule has 2 aromatic carbocycles. The minimum Gasteiger partial charge on any atom is -0.507 e. The predicted molar refractivity (Wildman–Crippen MR) is 126 cm³/mol. The molecular weight excluding hydrogens is 404 g/mol. The van der Waals surface area contributed by atoms with Crippen molar-refractivity contribution >= 4 is 22.5 Å². The van der Waals surface area contributed by atoms with E-state index in [1.54, 1.807) is 19.1 Å². The summed E-state index contributed by atoms with van der Waals surface area (Å²) >= 11 is 0. The highest BCUT2D eigenvalue weighted by Gasteiger charge is 2.28. The first-order valence-electron chi connectivity index (χ1n) is 11.1. The Kier molecular flexibility index (Phi) is 6.39. The molecule has 0 amide bonds. The van der Waals surface area contributed by atoms with E-state index in [4.69, 9.17) is 9.97 Å². The molecular formula is C25H30N4O3. The Bertz CT molecular complexity index is 1130. The number of ketones is 1. The second-order valence-corrected chi connectivity index (χ2v) is 8.73. The third kappa shape index (κ3) is 4.59. The normalized spacial score (nSPS) is 16.8. The number of hydrogen-bond donors (Lipinski definition) is 2. The van der Waals surface area contributed by atoms with Gasteiger partial charge in [-0.1, -0.05) is 25.1 Å². The van der Waals surface area contributed by atoms with Crippen LogP contribution >= 0.6 is 0 Å². The number of para-hydroxylation sites is 1. The van der Waals surface area contributed by atoms with Gasteiger partial charge in [0.05, 0.1) is 11.1 Å². The predicted octanol–water partition coefficient (Wildman–Crippen LogP) is 3.37. The Labute approximate surface area is 188 Å². The molecule has 0 saturated carbocycles. The van der Waals surface area contributed by atoms with Crippen LogP contribution < -0.4 is 4.90 Å². The lowest BCUT2D eigenvalue weighted by Gasteiger charge is -2.39. The van der Waals surface area contributed by atoms with Gasteiger partial charge in [0.25, 0.3) is 0 Å². The number of benzene rings is 2. The van der Waals surface area contributed by atoms with Crippen LogP contribution in [0, 0.1) is 12.8 Å². The summed E-state index contributed by atoms with van der Waals surface area (Å²) in [6.07, 6.45) is -0.260. The Balaban J connectivity index is 1.63. The molecule has 1 aromatic heterocycles. The van der Waals surface area contributed by atoms with Crippen molar-refractivity contribution in [3.8, 4) is 17.1 Å². The highest BCUT2D eigenvalue weighted by Crippen LogP contribution is 2.32. The summed E-state index contributed by atoms with van der Waals surface area (Å²) in [5, 5.41) is 22.0. The highest BCUT2D eigenvalue weighted by atomic mass is 16.3. The molecule has 7 heteroatoms. The lowest BCUT2D eigenvalue weighted by atomic mass is 10.0. The summed E-state index contributed by atoms with van der Waals surface area (Å²) in [6, 6.07) is 13.2. The van der Waals surface area contributed by atoms with Crippen LogP contribution in [-0.2, 0) is 4.79 Å². The molecule has 2 N–H and O–H groups in total. The zero-order valence-corrected chi connectivity index (χ0v) is 18.8. The zero-order valence-electron chi connectivity index (χ0n) is 18.8. The molecule has 7 nitrogen and oxygen atoms in total. The number of rotatable bonds is 6. The largest absolute Gasteiger partial charge is 0.507 e. The van der Waals surface area contributed by atoms with E-state index in [0.717, 1.165) is 22.3 Å². The maximum absolute atomic E-state index is 11.4. The molecule has 168 valence electrons. The van der Waals surface area contributed by atoms with E-state index < -0.39 is 6.23 Å². The summed E-state index contributed by atoms with van der Waals surface area (Å²) < 4.78 is 0. The fourth-order valence-corrected chi connectivity index (χ4v) is 4.36. The molecule has 1 fully saturated rings. The lowest BCUT2D eigenvalue weighted by Crippen LogP contribution is -2.52. The quantitative estimate of drug-likeness (QED) is 0.615. The zero-order chi connectivity index (χ0) is 22.8. The monoisotopic (exact) mass is 434 g/mol. The van der Waals surface area contributed by atoms with Gasteiger partial charge in [0.1, 0.15) is 23.6 Å². The van der Waals surface area contributed by atoms with Crippen LogP contribution in [0.4, 0.5) is 5.82 Å². The van der Waals surface area contributed by atoms with Crippen LogP contribution in [0.2, 0.25) is 0 Å². The molecule has 2 atom stereocenters. The maximum Gasteiger partial charge on any atom is 0.165 e. The van der Waals surface area contributed by atoms with Crippen molar-refractivity contribution in [1.82, 2.24) is 14.9 Å². The molecule has 32 heavy (non-hydrogen) atoms. The summed E-state index contributed by atoms with van der Waals surface area (Å²) in [6.45, 7) is 8.25. The SMILES string of the molecule is CC(=O)CC(C)C(O)N1CCN(c2nc(-c3ccccc3O)nc3cc(C)ccc23)CC1. The number of aromatic hydroxyl groups is 1. The maximum atomic E-state index is 11.4. The second-order valence-electron chi connectivity index (χ2n) is 8.73. The van der Waals surface area contributed by atoms with E-state index in [2.05, 4.69) is 11.0 Å². The molecule has 0 aliphatic carbocycles. The standard InChI is InChI=1S/C25H30N4O3/c1-16-8-9-19-21(14-16)26-23(20-6-4-5-7-22(20)31)27-24(19)28-10-12-29(13-11-28)25(32)17(2)15-18(3)30/h4-9,14,17,25,31-32H,10-13,15H2,1-3H3. The van der Waals surface area contributed by atoms with E-state index in [-0.39, 0.29) is 17.5 Å². The second kappa shape index (κ2) is 9.22. The molecule has 0 spiro atoms. The first-order chi connectivity index (χ1) is 15.3. The smallest absolute Gasteiger partial charge is 0.165 e. The number of carbonyl (C=O) groups is 1. The van der Waals surface area contributed by atoms with Crippen LogP contribution in [0.25, 0.3) is 22.3 Å². The van der Waals surface area contributed by atoms with Gasteiger partial charge in [-0.3, -0.25) is 4.90 Å². The number of aliphatic hydroxyl groups is 1. The Hall–Kier alpha value is -3.03. The van der Waals surface area contributed by atoms with Crippen molar-refractivity contribution in [3.63, 3.8) is 0 Å². The minimum atomic E-state index is -0.636. The molecule has 2 unspecified atom stereocenters. The van der Waals surface area contributed by atoms with Crippen molar-refractivity contribution in [2.75, 3.05) is 31.1 Å². The van der Waals surface area contributed by atoms with E-state index >= 15 is 0 Å². The Morgan fingerprint density at radius 2 is 1.81 bits per heavy atom. The van der Waals surface area contributed by atoms with Crippen molar-refractivity contribution in [1.29, 1.82) is 0 Å². The average Bonchev–Trinajstić information content (AvgIpc) is 2.77. The van der Waals surface area contributed by atoms with Gasteiger partial charge < -0.3 is 19.9 Å². The van der Waals surface area contributed by atoms with Gasteiger partial charge in [-0.05, 0) is 43.7 Å². The molecule has 2 heterocycles. The first-order valence-corrected chi connectivity index (χ1v) is 11.1. The summed E-state index contributed by atoms with van der Waals surface area (Å²) in [7, 11) is 0. The number of aromatic nitrogens is 2. The van der Waals surface area contributed by atoms with Gasteiger partial charge >= 0.3 is 0 Å². The highest BCUT2D eigenvalue weighted by molar-refractivity contribution is 5.92. The lowest BCUT2D eigenvalue weighted by molar-refractivity contribution is -0.120. The average molecular weight is 435 g/mol. The molecule has 0 bridgehead atoms. The van der Waals surface area contributed by atoms with Gasteiger partial charge in [-0.15, -0.1) is 0 Å². The van der Waals surface area contributed by atoms with Crippen molar-refractivity contribution in [3.05, 3.63) is 48.0 Å². The third-order valence-electron chi connectivity index (χ3n) is 6.08. The number of piperazine rings is 1. The number of anilines is 1. The van der Waals surface area contributed by atoms with Gasteiger partial charge in [-0.25, -0.2) is 9.97 Å². The van der Waals surface area contributed by atoms with Crippen molar-refractivity contribution in [2.24, 2.45) is 5.92 Å². The molecule has 1 saturated heterocycles. The molecule has 1 aliphatic heterocycles. The van der Waals surface area contributed by atoms with Crippen LogP contribution in [0.15, 0.2) is 42.5 Å². The summed E-state index contributed by atoms with van der Waals surface area (Å²) in [5.74, 6) is 1.47.